The Balaban J connectivity index is 1.69. The third-order valence-electron chi connectivity index (χ3n) is 3.95. The normalized spacial score (nSPS) is 19.6. The highest BCUT2D eigenvalue weighted by Crippen LogP contribution is 2.32. The highest BCUT2D eigenvalue weighted by atomic mass is 16.3. The molecule has 1 heterocycles. The lowest BCUT2D eigenvalue weighted by atomic mass is 9.87. The van der Waals surface area contributed by atoms with Gasteiger partial charge in [0.15, 0.2) is 0 Å². The van der Waals surface area contributed by atoms with Crippen molar-refractivity contribution >= 4 is 0 Å². The number of hydrogen-bond donors (Lipinski definition) is 2. The van der Waals surface area contributed by atoms with E-state index < -0.39 is 0 Å². The number of aromatic hydroxyl groups is 1. The lowest BCUT2D eigenvalue weighted by Gasteiger charge is -2.29. The fraction of sp³-hybridized carbons (Fsp3) is 0.438. The molecule has 0 amide bonds. The first-order valence-corrected chi connectivity index (χ1v) is 7.27. The SMILES string of the molecule is CC(Cn1cccn1)NC1CCCc2cc(O)ccc21. The molecule has 0 radical (unpaired) electrons. The lowest BCUT2D eigenvalue weighted by molar-refractivity contribution is 0.369. The number of phenolic OH excluding ortho intramolecular Hbond substituents is 1. The van der Waals surface area contributed by atoms with Crippen molar-refractivity contribution in [1.82, 2.24) is 15.1 Å². The molecule has 2 aromatic rings. The van der Waals surface area contributed by atoms with E-state index in [1.807, 2.05) is 29.2 Å². The highest BCUT2D eigenvalue weighted by molar-refractivity contribution is 5.38. The monoisotopic (exact) mass is 271 g/mol. The zero-order valence-electron chi connectivity index (χ0n) is 11.8. The summed E-state index contributed by atoms with van der Waals surface area (Å²) in [6.45, 7) is 3.06. The van der Waals surface area contributed by atoms with E-state index >= 15 is 0 Å². The van der Waals surface area contributed by atoms with Crippen molar-refractivity contribution in [3.63, 3.8) is 0 Å². The van der Waals surface area contributed by atoms with Crippen molar-refractivity contribution in [1.29, 1.82) is 0 Å². The Morgan fingerprint density at radius 3 is 3.20 bits per heavy atom. The van der Waals surface area contributed by atoms with Gasteiger partial charge in [-0.25, -0.2) is 0 Å². The van der Waals surface area contributed by atoms with Crippen molar-refractivity contribution in [2.75, 3.05) is 0 Å². The predicted molar refractivity (Wildman–Crippen MR) is 78.6 cm³/mol. The average Bonchev–Trinajstić information content (AvgIpc) is 2.91. The van der Waals surface area contributed by atoms with E-state index in [0.29, 0.717) is 17.8 Å². The molecule has 1 aromatic carbocycles. The first kappa shape index (κ1) is 13.2. The molecule has 0 aliphatic heterocycles. The number of nitrogens with one attached hydrogen (secondary N) is 1. The van der Waals surface area contributed by atoms with Crippen LogP contribution in [-0.4, -0.2) is 20.9 Å². The van der Waals surface area contributed by atoms with Gasteiger partial charge < -0.3 is 10.4 Å². The molecule has 4 nitrogen and oxygen atoms in total. The van der Waals surface area contributed by atoms with Crippen LogP contribution < -0.4 is 5.32 Å². The maximum absolute atomic E-state index is 9.60. The summed E-state index contributed by atoms with van der Waals surface area (Å²) >= 11 is 0. The number of nitrogens with zero attached hydrogens (tertiary/aromatic N) is 2. The number of rotatable bonds is 4. The summed E-state index contributed by atoms with van der Waals surface area (Å²) in [6, 6.07) is 8.44. The van der Waals surface area contributed by atoms with Crippen molar-refractivity contribution in [2.24, 2.45) is 0 Å². The van der Waals surface area contributed by atoms with Crippen LogP contribution in [0.4, 0.5) is 0 Å². The van der Waals surface area contributed by atoms with Gasteiger partial charge in [-0.15, -0.1) is 0 Å². The van der Waals surface area contributed by atoms with Crippen LogP contribution >= 0.6 is 0 Å². The molecule has 0 saturated carbocycles. The molecule has 1 aliphatic carbocycles. The Bertz CT molecular complexity index is 565. The quantitative estimate of drug-likeness (QED) is 0.899. The van der Waals surface area contributed by atoms with E-state index in [9.17, 15) is 5.11 Å². The second-order valence-electron chi connectivity index (χ2n) is 5.62. The van der Waals surface area contributed by atoms with Gasteiger partial charge in [-0.2, -0.15) is 5.10 Å². The summed E-state index contributed by atoms with van der Waals surface area (Å²) in [6.07, 6.45) is 7.19. The molecule has 0 bridgehead atoms. The lowest BCUT2D eigenvalue weighted by Crippen LogP contribution is -2.35. The molecule has 0 fully saturated rings. The van der Waals surface area contributed by atoms with Gasteiger partial charge in [0.2, 0.25) is 0 Å². The number of phenols is 1. The maximum atomic E-state index is 9.60. The summed E-state index contributed by atoms with van der Waals surface area (Å²) in [5.74, 6) is 0.369. The fourth-order valence-electron chi connectivity index (χ4n) is 3.06. The van der Waals surface area contributed by atoms with Crippen LogP contribution in [0.25, 0.3) is 0 Å². The van der Waals surface area contributed by atoms with Gasteiger partial charge in [0, 0.05) is 24.5 Å². The summed E-state index contributed by atoms with van der Waals surface area (Å²) in [7, 11) is 0. The molecule has 0 spiro atoms. The van der Waals surface area contributed by atoms with E-state index in [4.69, 9.17) is 0 Å². The Kier molecular flexibility index (Phi) is 3.74. The smallest absolute Gasteiger partial charge is 0.115 e. The number of aromatic nitrogens is 2. The summed E-state index contributed by atoms with van der Waals surface area (Å²) < 4.78 is 1.96. The first-order valence-electron chi connectivity index (χ1n) is 7.27. The fourth-order valence-corrected chi connectivity index (χ4v) is 3.06. The number of fused-ring (bicyclic) bond motifs is 1. The van der Waals surface area contributed by atoms with E-state index in [-0.39, 0.29) is 0 Å². The zero-order chi connectivity index (χ0) is 13.9. The third kappa shape index (κ3) is 2.85. The van der Waals surface area contributed by atoms with E-state index in [1.54, 1.807) is 6.07 Å². The molecule has 4 heteroatoms. The van der Waals surface area contributed by atoms with Crippen molar-refractivity contribution < 1.29 is 5.11 Å². The van der Waals surface area contributed by atoms with Crippen LogP contribution in [0.1, 0.15) is 36.9 Å². The largest absolute Gasteiger partial charge is 0.508 e. The van der Waals surface area contributed by atoms with Crippen LogP contribution in [-0.2, 0) is 13.0 Å². The minimum Gasteiger partial charge on any atom is -0.508 e. The van der Waals surface area contributed by atoms with Crippen LogP contribution in [0, 0.1) is 0 Å². The third-order valence-corrected chi connectivity index (χ3v) is 3.95. The van der Waals surface area contributed by atoms with E-state index in [1.165, 1.54) is 17.5 Å². The van der Waals surface area contributed by atoms with Crippen LogP contribution in [0.15, 0.2) is 36.7 Å². The Hall–Kier alpha value is -1.81. The van der Waals surface area contributed by atoms with Crippen LogP contribution in [0.3, 0.4) is 0 Å². The summed E-state index contributed by atoms with van der Waals surface area (Å²) in [5.41, 5.74) is 2.61. The second kappa shape index (κ2) is 5.67. The molecular weight excluding hydrogens is 250 g/mol. The van der Waals surface area contributed by atoms with Crippen molar-refractivity contribution in [3.8, 4) is 5.75 Å². The van der Waals surface area contributed by atoms with Gasteiger partial charge in [-0.3, -0.25) is 4.68 Å². The Morgan fingerprint density at radius 1 is 1.50 bits per heavy atom. The van der Waals surface area contributed by atoms with Gasteiger partial charge in [-0.1, -0.05) is 6.07 Å². The molecule has 3 rings (SSSR count). The van der Waals surface area contributed by atoms with Crippen LogP contribution in [0.2, 0.25) is 0 Å². The first-order chi connectivity index (χ1) is 9.72. The molecule has 1 aliphatic rings. The average molecular weight is 271 g/mol. The number of hydrogen-bond acceptors (Lipinski definition) is 3. The van der Waals surface area contributed by atoms with Gasteiger partial charge in [-0.05, 0) is 55.5 Å². The standard InChI is InChI=1S/C16H21N3O/c1-12(11-19-9-3-8-17-19)18-16-5-2-4-13-10-14(20)6-7-15(13)16/h3,6-10,12,16,18,20H,2,4-5,11H2,1H3. The van der Waals surface area contributed by atoms with E-state index in [0.717, 1.165) is 19.4 Å². The minimum atomic E-state index is 0.361. The molecular formula is C16H21N3O. The number of benzene rings is 1. The number of aryl methyl sites for hydroxylation is 1. The zero-order valence-corrected chi connectivity index (χ0v) is 11.8. The molecule has 2 atom stereocenters. The molecule has 106 valence electrons. The van der Waals surface area contributed by atoms with Gasteiger partial charge in [0.25, 0.3) is 0 Å². The van der Waals surface area contributed by atoms with Gasteiger partial charge >= 0.3 is 0 Å². The Morgan fingerprint density at radius 2 is 2.40 bits per heavy atom. The summed E-state index contributed by atoms with van der Waals surface area (Å²) in [4.78, 5) is 0. The van der Waals surface area contributed by atoms with Gasteiger partial charge in [0.1, 0.15) is 5.75 Å². The Labute approximate surface area is 119 Å². The topological polar surface area (TPSA) is 50.1 Å². The van der Waals surface area contributed by atoms with E-state index in [2.05, 4.69) is 23.4 Å². The highest BCUT2D eigenvalue weighted by Gasteiger charge is 2.21. The van der Waals surface area contributed by atoms with Crippen LogP contribution in [0.5, 0.6) is 5.75 Å². The summed E-state index contributed by atoms with van der Waals surface area (Å²) in [5, 5.41) is 17.5. The molecule has 2 N–H and O–H groups in total. The molecule has 20 heavy (non-hydrogen) atoms. The molecule has 2 unspecified atom stereocenters. The van der Waals surface area contributed by atoms with Crippen molar-refractivity contribution in [2.45, 2.75) is 44.8 Å². The van der Waals surface area contributed by atoms with Crippen molar-refractivity contribution in [3.05, 3.63) is 47.8 Å². The maximum Gasteiger partial charge on any atom is 0.115 e. The molecule has 1 aromatic heterocycles. The molecule has 0 saturated heterocycles. The predicted octanol–water partition coefficient (Wildman–Crippen LogP) is 2.64. The van der Waals surface area contributed by atoms with Gasteiger partial charge in [0.05, 0.1) is 6.54 Å². The minimum absolute atomic E-state index is 0.361. The second-order valence-corrected chi connectivity index (χ2v) is 5.62.